The number of halogens is 1. The van der Waals surface area contributed by atoms with Gasteiger partial charge in [0.1, 0.15) is 11.6 Å². The first-order valence-corrected chi connectivity index (χ1v) is 7.60. The van der Waals surface area contributed by atoms with Gasteiger partial charge >= 0.3 is 0 Å². The molecule has 0 bridgehead atoms. The first-order valence-electron chi connectivity index (χ1n) is 7.60. The van der Waals surface area contributed by atoms with E-state index < -0.39 is 11.7 Å². The first kappa shape index (κ1) is 18.2. The molecule has 25 heavy (non-hydrogen) atoms. The van der Waals surface area contributed by atoms with Crippen LogP contribution in [0.4, 0.5) is 10.1 Å². The van der Waals surface area contributed by atoms with Crippen molar-refractivity contribution in [2.45, 2.75) is 0 Å². The molecule has 0 atom stereocenters. The van der Waals surface area contributed by atoms with Crippen LogP contribution in [0.1, 0.15) is 5.56 Å². The zero-order chi connectivity index (χ0) is 18.2. The lowest BCUT2D eigenvalue weighted by Crippen LogP contribution is -2.33. The van der Waals surface area contributed by atoms with Crippen molar-refractivity contribution in [2.24, 2.45) is 0 Å². The van der Waals surface area contributed by atoms with Crippen molar-refractivity contribution < 1.29 is 18.7 Å². The van der Waals surface area contributed by atoms with Gasteiger partial charge in [0, 0.05) is 18.8 Å². The maximum absolute atomic E-state index is 13.1. The maximum Gasteiger partial charge on any atom is 0.246 e. The zero-order valence-corrected chi connectivity index (χ0v) is 14.0. The average Bonchev–Trinajstić information content (AvgIpc) is 2.59. The van der Waals surface area contributed by atoms with E-state index in [9.17, 15) is 14.0 Å². The minimum absolute atomic E-state index is 0.137. The molecule has 0 aliphatic rings. The van der Waals surface area contributed by atoms with Crippen LogP contribution in [0.25, 0.3) is 6.08 Å². The number of benzene rings is 2. The smallest absolute Gasteiger partial charge is 0.246 e. The molecule has 1 N–H and O–H groups in total. The lowest BCUT2D eigenvalue weighted by Gasteiger charge is -2.14. The third-order valence-corrected chi connectivity index (χ3v) is 3.40. The highest BCUT2D eigenvalue weighted by Gasteiger charge is 2.11. The van der Waals surface area contributed by atoms with Crippen molar-refractivity contribution in [3.63, 3.8) is 0 Å². The van der Waals surface area contributed by atoms with Gasteiger partial charge in [0.2, 0.25) is 11.8 Å². The Balaban J connectivity index is 1.88. The Morgan fingerprint density at radius 3 is 2.56 bits per heavy atom. The Morgan fingerprint density at radius 1 is 1.20 bits per heavy atom. The fourth-order valence-electron chi connectivity index (χ4n) is 2.07. The molecular weight excluding hydrogens is 323 g/mol. The van der Waals surface area contributed by atoms with Crippen molar-refractivity contribution in [1.29, 1.82) is 0 Å². The summed E-state index contributed by atoms with van der Waals surface area (Å²) >= 11 is 0. The fourth-order valence-corrected chi connectivity index (χ4v) is 2.07. The van der Waals surface area contributed by atoms with Crippen molar-refractivity contribution in [1.82, 2.24) is 4.90 Å². The van der Waals surface area contributed by atoms with Gasteiger partial charge in [0.05, 0.1) is 13.7 Å². The Hall–Kier alpha value is -3.15. The molecule has 0 heterocycles. The van der Waals surface area contributed by atoms with Gasteiger partial charge in [-0.15, -0.1) is 0 Å². The van der Waals surface area contributed by atoms with Gasteiger partial charge in [-0.05, 0) is 42.0 Å². The van der Waals surface area contributed by atoms with Crippen LogP contribution in [0.3, 0.4) is 0 Å². The monoisotopic (exact) mass is 342 g/mol. The number of amides is 2. The van der Waals surface area contributed by atoms with Crippen molar-refractivity contribution in [3.05, 3.63) is 66.0 Å². The predicted molar refractivity (Wildman–Crippen MR) is 94.7 cm³/mol. The van der Waals surface area contributed by atoms with Gasteiger partial charge in [-0.1, -0.05) is 18.2 Å². The van der Waals surface area contributed by atoms with E-state index in [2.05, 4.69) is 5.32 Å². The van der Waals surface area contributed by atoms with E-state index in [-0.39, 0.29) is 12.5 Å². The van der Waals surface area contributed by atoms with E-state index in [1.165, 1.54) is 36.2 Å². The van der Waals surface area contributed by atoms with Crippen LogP contribution in [0.2, 0.25) is 0 Å². The minimum Gasteiger partial charge on any atom is -0.497 e. The summed E-state index contributed by atoms with van der Waals surface area (Å²) in [6.45, 7) is -0.137. The second kappa shape index (κ2) is 8.63. The van der Waals surface area contributed by atoms with Crippen LogP contribution < -0.4 is 10.1 Å². The van der Waals surface area contributed by atoms with E-state index in [1.54, 1.807) is 31.4 Å². The van der Waals surface area contributed by atoms with E-state index in [1.807, 2.05) is 12.1 Å². The Bertz CT molecular complexity index is 772. The van der Waals surface area contributed by atoms with Crippen LogP contribution in [-0.4, -0.2) is 37.4 Å². The topological polar surface area (TPSA) is 58.6 Å². The molecule has 6 heteroatoms. The van der Waals surface area contributed by atoms with Crippen molar-refractivity contribution >= 4 is 23.6 Å². The molecule has 0 saturated heterocycles. The lowest BCUT2D eigenvalue weighted by molar-refractivity contribution is -0.129. The standard InChI is InChI=1S/C19H19FN2O3/c1-22(13-18(23)21-16-5-3-4-15(20)12-16)19(24)11-8-14-6-9-17(25-2)10-7-14/h3-12H,13H2,1-2H3,(H,21,23)/b11-8+. The fraction of sp³-hybridized carbons (Fsp3) is 0.158. The van der Waals surface area contributed by atoms with E-state index in [0.29, 0.717) is 5.69 Å². The van der Waals surface area contributed by atoms with Gasteiger partial charge in [0.25, 0.3) is 0 Å². The number of ether oxygens (including phenoxy) is 1. The van der Waals surface area contributed by atoms with Gasteiger partial charge in [-0.2, -0.15) is 0 Å². The quantitative estimate of drug-likeness (QED) is 0.821. The Morgan fingerprint density at radius 2 is 1.92 bits per heavy atom. The summed E-state index contributed by atoms with van der Waals surface area (Å²) < 4.78 is 18.2. The third-order valence-electron chi connectivity index (χ3n) is 3.40. The molecule has 0 spiro atoms. The molecule has 0 aliphatic heterocycles. The molecule has 2 aromatic rings. The molecule has 2 rings (SSSR count). The molecule has 0 saturated carbocycles. The number of anilines is 1. The summed E-state index contributed by atoms with van der Waals surface area (Å²) in [6, 6.07) is 12.8. The number of nitrogens with zero attached hydrogens (tertiary/aromatic N) is 1. The van der Waals surface area contributed by atoms with Crippen molar-refractivity contribution in [3.8, 4) is 5.75 Å². The summed E-state index contributed by atoms with van der Waals surface area (Å²) in [7, 11) is 3.10. The van der Waals surface area contributed by atoms with Crippen LogP contribution in [-0.2, 0) is 9.59 Å². The summed E-state index contributed by atoms with van der Waals surface area (Å²) in [4.78, 5) is 25.2. The number of rotatable bonds is 6. The van der Waals surface area contributed by atoms with Crippen LogP contribution in [0, 0.1) is 5.82 Å². The van der Waals surface area contributed by atoms with Crippen molar-refractivity contribution in [2.75, 3.05) is 26.0 Å². The highest BCUT2D eigenvalue weighted by molar-refractivity contribution is 5.97. The van der Waals surface area contributed by atoms with Gasteiger partial charge < -0.3 is 15.0 Å². The second-order valence-electron chi connectivity index (χ2n) is 5.36. The predicted octanol–water partition coefficient (Wildman–Crippen LogP) is 2.94. The molecule has 0 radical (unpaired) electrons. The number of likely N-dealkylation sites (N-methyl/N-ethyl adjacent to an activating group) is 1. The number of carbonyl (C=O) groups is 2. The summed E-state index contributed by atoms with van der Waals surface area (Å²) in [5, 5.41) is 2.54. The molecule has 2 amide bonds. The van der Waals surface area contributed by atoms with E-state index >= 15 is 0 Å². The molecule has 0 unspecified atom stereocenters. The van der Waals surface area contributed by atoms with Gasteiger partial charge in [0.15, 0.2) is 0 Å². The molecule has 2 aromatic carbocycles. The third kappa shape index (κ3) is 5.76. The molecule has 5 nitrogen and oxygen atoms in total. The molecule has 0 fully saturated rings. The summed E-state index contributed by atoms with van der Waals surface area (Å²) in [6.07, 6.45) is 3.04. The van der Waals surface area contributed by atoms with E-state index in [4.69, 9.17) is 4.74 Å². The maximum atomic E-state index is 13.1. The van der Waals surface area contributed by atoms with Gasteiger partial charge in [-0.3, -0.25) is 9.59 Å². The number of hydrogen-bond donors (Lipinski definition) is 1. The number of hydrogen-bond acceptors (Lipinski definition) is 3. The second-order valence-corrected chi connectivity index (χ2v) is 5.36. The minimum atomic E-state index is -0.440. The largest absolute Gasteiger partial charge is 0.497 e. The molecule has 0 aromatic heterocycles. The van der Waals surface area contributed by atoms with Crippen LogP contribution in [0.15, 0.2) is 54.6 Å². The normalized spacial score (nSPS) is 10.5. The van der Waals surface area contributed by atoms with Gasteiger partial charge in [-0.25, -0.2) is 4.39 Å². The number of nitrogens with one attached hydrogen (secondary N) is 1. The number of methoxy groups -OCH3 is 1. The zero-order valence-electron chi connectivity index (χ0n) is 14.0. The SMILES string of the molecule is COc1ccc(/C=C/C(=O)N(C)CC(=O)Nc2cccc(F)c2)cc1. The first-order chi connectivity index (χ1) is 12.0. The highest BCUT2D eigenvalue weighted by atomic mass is 19.1. The van der Waals surface area contributed by atoms with Crippen LogP contribution in [0.5, 0.6) is 5.75 Å². The molecule has 130 valence electrons. The Labute approximate surface area is 145 Å². The van der Waals surface area contributed by atoms with Crippen LogP contribution >= 0.6 is 0 Å². The highest BCUT2D eigenvalue weighted by Crippen LogP contribution is 2.12. The average molecular weight is 342 g/mol. The van der Waals surface area contributed by atoms with E-state index in [0.717, 1.165) is 11.3 Å². The Kier molecular flexibility index (Phi) is 6.28. The number of carbonyl (C=O) groups excluding carboxylic acids is 2. The molecular formula is C19H19FN2O3. The summed E-state index contributed by atoms with van der Waals surface area (Å²) in [5.41, 5.74) is 1.19. The molecule has 0 aliphatic carbocycles. The lowest BCUT2D eigenvalue weighted by atomic mass is 10.2. The summed E-state index contributed by atoms with van der Waals surface area (Å²) in [5.74, 6) is -0.427.